The van der Waals surface area contributed by atoms with Gasteiger partial charge >= 0.3 is 0 Å². The quantitative estimate of drug-likeness (QED) is 0.735. The van der Waals surface area contributed by atoms with Crippen LogP contribution in [0, 0.1) is 5.41 Å². The van der Waals surface area contributed by atoms with E-state index in [9.17, 15) is 4.79 Å². The highest BCUT2D eigenvalue weighted by Gasteiger charge is 2.44. The Morgan fingerprint density at radius 3 is 2.59 bits per heavy atom. The lowest BCUT2D eigenvalue weighted by molar-refractivity contribution is -0.178. The molecule has 1 fully saturated rings. The molecule has 0 aromatic heterocycles. The highest BCUT2D eigenvalue weighted by molar-refractivity contribution is 5.81. The molecule has 0 spiro atoms. The van der Waals surface area contributed by atoms with Crippen molar-refractivity contribution in [2.75, 3.05) is 13.2 Å². The number of hydrogen-bond acceptors (Lipinski definition) is 3. The fraction of sp³-hybridized carbons (Fsp3) is 0.923. The molecule has 1 saturated heterocycles. The Balaban J connectivity index is 2.61. The Kier molecular flexibility index (Phi) is 4.55. The van der Waals surface area contributed by atoms with E-state index < -0.39 is 6.10 Å². The van der Waals surface area contributed by atoms with Crippen LogP contribution in [0.5, 0.6) is 0 Å². The van der Waals surface area contributed by atoms with Crippen LogP contribution in [-0.2, 0) is 9.53 Å². The summed E-state index contributed by atoms with van der Waals surface area (Å²) >= 11 is 0. The zero-order valence-electron chi connectivity index (χ0n) is 11.4. The van der Waals surface area contributed by atoms with Crippen LogP contribution in [0.3, 0.4) is 0 Å². The number of rotatable bonds is 4. The van der Waals surface area contributed by atoms with Gasteiger partial charge in [0.25, 0.3) is 0 Å². The minimum atomic E-state index is -0.398. The average Bonchev–Trinajstić information content (AvgIpc) is 2.22. The molecule has 17 heavy (non-hydrogen) atoms. The van der Waals surface area contributed by atoms with Gasteiger partial charge in [-0.25, -0.2) is 0 Å². The second-order valence-corrected chi connectivity index (χ2v) is 6.11. The van der Waals surface area contributed by atoms with Crippen molar-refractivity contribution < 1.29 is 14.6 Å². The van der Waals surface area contributed by atoms with Gasteiger partial charge in [-0.15, -0.1) is 0 Å². The van der Waals surface area contributed by atoms with Crippen LogP contribution in [-0.4, -0.2) is 35.9 Å². The highest BCUT2D eigenvalue weighted by atomic mass is 16.5. The SMILES string of the molecule is CC1(C)CCC(C)(C)[C@@H](C(=O)NCCCO)O1. The number of hydrogen-bond donors (Lipinski definition) is 2. The number of carbonyl (C=O) groups excluding carboxylic acids is 1. The number of aliphatic hydroxyl groups is 1. The van der Waals surface area contributed by atoms with Gasteiger partial charge in [0, 0.05) is 18.6 Å². The Hall–Kier alpha value is -0.610. The molecular formula is C13H25NO3. The van der Waals surface area contributed by atoms with Crippen LogP contribution in [0.25, 0.3) is 0 Å². The number of aliphatic hydroxyl groups excluding tert-OH is 1. The van der Waals surface area contributed by atoms with Gasteiger partial charge in [0.15, 0.2) is 0 Å². The average molecular weight is 243 g/mol. The second kappa shape index (κ2) is 5.36. The lowest BCUT2D eigenvalue weighted by Gasteiger charge is -2.45. The largest absolute Gasteiger partial charge is 0.396 e. The third kappa shape index (κ3) is 3.96. The Bertz CT molecular complexity index is 274. The Labute approximate surface area is 104 Å². The lowest BCUT2D eigenvalue weighted by Crippen LogP contribution is -2.53. The minimum absolute atomic E-state index is 0.0591. The molecule has 0 aromatic rings. The summed E-state index contributed by atoms with van der Waals surface area (Å²) in [4.78, 5) is 12.1. The lowest BCUT2D eigenvalue weighted by atomic mass is 9.75. The maximum Gasteiger partial charge on any atom is 0.249 e. The van der Waals surface area contributed by atoms with E-state index >= 15 is 0 Å². The maximum atomic E-state index is 12.1. The molecule has 0 aromatic carbocycles. The number of amides is 1. The van der Waals surface area contributed by atoms with Crippen molar-refractivity contribution >= 4 is 5.91 Å². The summed E-state index contributed by atoms with van der Waals surface area (Å²) in [6, 6.07) is 0. The first-order chi connectivity index (χ1) is 7.78. The van der Waals surface area contributed by atoms with Crippen LogP contribution >= 0.6 is 0 Å². The van der Waals surface area contributed by atoms with Crippen molar-refractivity contribution in [1.82, 2.24) is 5.32 Å². The topological polar surface area (TPSA) is 58.6 Å². The molecular weight excluding hydrogens is 218 g/mol. The first kappa shape index (κ1) is 14.5. The Morgan fingerprint density at radius 1 is 1.35 bits per heavy atom. The maximum absolute atomic E-state index is 12.1. The summed E-state index contributed by atoms with van der Waals surface area (Å²) in [6.07, 6.45) is 2.14. The molecule has 0 bridgehead atoms. The molecule has 1 atom stereocenters. The fourth-order valence-electron chi connectivity index (χ4n) is 2.08. The monoisotopic (exact) mass is 243 g/mol. The minimum Gasteiger partial charge on any atom is -0.396 e. The van der Waals surface area contributed by atoms with E-state index in [2.05, 4.69) is 19.2 Å². The summed E-state index contributed by atoms with van der Waals surface area (Å²) in [5.41, 5.74) is -0.354. The predicted octanol–water partition coefficient (Wildman–Crippen LogP) is 1.47. The molecule has 0 radical (unpaired) electrons. The molecule has 1 aliphatic rings. The fourth-order valence-corrected chi connectivity index (χ4v) is 2.08. The summed E-state index contributed by atoms with van der Waals surface area (Å²) < 4.78 is 5.91. The summed E-state index contributed by atoms with van der Waals surface area (Å²) in [7, 11) is 0. The van der Waals surface area contributed by atoms with Crippen LogP contribution in [0.15, 0.2) is 0 Å². The Morgan fingerprint density at radius 2 is 2.00 bits per heavy atom. The van der Waals surface area contributed by atoms with Gasteiger partial charge in [0.05, 0.1) is 5.60 Å². The van der Waals surface area contributed by atoms with Crippen LogP contribution in [0.2, 0.25) is 0 Å². The first-order valence-electron chi connectivity index (χ1n) is 6.35. The van der Waals surface area contributed by atoms with Gasteiger partial charge in [0.1, 0.15) is 6.10 Å². The number of ether oxygens (including phenoxy) is 1. The normalized spacial score (nSPS) is 26.5. The zero-order chi connectivity index (χ0) is 13.1. The third-order valence-electron chi connectivity index (χ3n) is 3.39. The summed E-state index contributed by atoms with van der Waals surface area (Å²) in [5, 5.41) is 11.5. The van der Waals surface area contributed by atoms with Gasteiger partial charge < -0.3 is 15.2 Å². The van der Waals surface area contributed by atoms with Crippen molar-refractivity contribution in [2.24, 2.45) is 5.41 Å². The molecule has 2 N–H and O–H groups in total. The molecule has 0 aliphatic carbocycles. The molecule has 1 rings (SSSR count). The summed E-state index contributed by atoms with van der Waals surface area (Å²) in [5.74, 6) is -0.0591. The molecule has 1 heterocycles. The van der Waals surface area contributed by atoms with Crippen molar-refractivity contribution in [3.05, 3.63) is 0 Å². The molecule has 0 unspecified atom stereocenters. The van der Waals surface area contributed by atoms with Crippen LogP contribution in [0.1, 0.15) is 47.0 Å². The van der Waals surface area contributed by atoms with Crippen molar-refractivity contribution in [3.63, 3.8) is 0 Å². The van der Waals surface area contributed by atoms with E-state index in [0.717, 1.165) is 12.8 Å². The zero-order valence-corrected chi connectivity index (χ0v) is 11.4. The van der Waals surface area contributed by atoms with Crippen LogP contribution < -0.4 is 5.32 Å². The standard InChI is InChI=1S/C13H25NO3/c1-12(2)6-7-13(3,4)17-10(12)11(16)14-8-5-9-15/h10,15H,5-9H2,1-4H3,(H,14,16)/t10-/m1/s1. The van der Waals surface area contributed by atoms with Gasteiger partial charge in [-0.3, -0.25) is 4.79 Å². The smallest absolute Gasteiger partial charge is 0.249 e. The molecule has 100 valence electrons. The van der Waals surface area contributed by atoms with Crippen molar-refractivity contribution in [2.45, 2.75) is 58.7 Å². The number of carbonyl (C=O) groups is 1. The summed E-state index contributed by atoms with van der Waals surface area (Å²) in [6.45, 7) is 8.79. The van der Waals surface area contributed by atoms with Gasteiger partial charge in [-0.05, 0) is 33.1 Å². The van der Waals surface area contributed by atoms with E-state index in [1.165, 1.54) is 0 Å². The van der Waals surface area contributed by atoms with Crippen molar-refractivity contribution in [3.8, 4) is 0 Å². The van der Waals surface area contributed by atoms with Gasteiger partial charge in [-0.1, -0.05) is 13.8 Å². The molecule has 0 saturated carbocycles. The van der Waals surface area contributed by atoms with E-state index in [-0.39, 0.29) is 23.5 Å². The number of nitrogens with one attached hydrogen (secondary N) is 1. The van der Waals surface area contributed by atoms with Gasteiger partial charge in [0.2, 0.25) is 5.91 Å². The van der Waals surface area contributed by atoms with E-state index in [4.69, 9.17) is 9.84 Å². The van der Waals surface area contributed by atoms with E-state index in [0.29, 0.717) is 13.0 Å². The van der Waals surface area contributed by atoms with Gasteiger partial charge in [-0.2, -0.15) is 0 Å². The van der Waals surface area contributed by atoms with E-state index in [1.807, 2.05) is 13.8 Å². The second-order valence-electron chi connectivity index (χ2n) is 6.11. The first-order valence-corrected chi connectivity index (χ1v) is 6.35. The molecule has 4 heteroatoms. The van der Waals surface area contributed by atoms with Crippen molar-refractivity contribution in [1.29, 1.82) is 0 Å². The molecule has 4 nitrogen and oxygen atoms in total. The molecule has 1 amide bonds. The third-order valence-corrected chi connectivity index (χ3v) is 3.39. The highest BCUT2D eigenvalue weighted by Crippen LogP contribution is 2.40. The molecule has 1 aliphatic heterocycles. The predicted molar refractivity (Wildman–Crippen MR) is 66.7 cm³/mol. The van der Waals surface area contributed by atoms with Crippen LogP contribution in [0.4, 0.5) is 0 Å². The van der Waals surface area contributed by atoms with E-state index in [1.54, 1.807) is 0 Å².